The van der Waals surface area contributed by atoms with Gasteiger partial charge in [-0.3, -0.25) is 9.59 Å². The SMILES string of the molecule is CC/C=C\C/C=C\C/C=C\C/C=C\C/C=C\C/C=C\CCCC(O)C(=O)NC(COC1OC(CO)C(O)C(O)C1OC(=O)CCCCCCCCC/C=C\C/C=C\C/C=C\C/C=C\CCCCC)C(O)/C=C/CCCCCCCCCCCC. The zero-order valence-electron chi connectivity index (χ0n) is 53.0. The number of allylic oxidation sites excluding steroid dienone is 21. The molecule has 1 aliphatic heterocycles. The lowest BCUT2D eigenvalue weighted by atomic mass is 9.99. The van der Waals surface area contributed by atoms with Gasteiger partial charge in [0, 0.05) is 6.42 Å². The highest BCUT2D eigenvalue weighted by Gasteiger charge is 2.47. The monoisotopic (exact) mass is 1170 g/mol. The van der Waals surface area contributed by atoms with Crippen molar-refractivity contribution in [3.05, 3.63) is 134 Å². The van der Waals surface area contributed by atoms with Crippen LogP contribution in [0.15, 0.2) is 134 Å². The Morgan fingerprint density at radius 3 is 1.31 bits per heavy atom. The van der Waals surface area contributed by atoms with Gasteiger partial charge in [-0.25, -0.2) is 0 Å². The fraction of sp³-hybridized carbons (Fsp3) is 0.671. The highest BCUT2D eigenvalue weighted by molar-refractivity contribution is 5.80. The Hall–Kier alpha value is -4.20. The maximum Gasteiger partial charge on any atom is 0.306 e. The number of amides is 1. The van der Waals surface area contributed by atoms with Crippen LogP contribution in [0.4, 0.5) is 0 Å². The largest absolute Gasteiger partial charge is 0.454 e. The summed E-state index contributed by atoms with van der Waals surface area (Å²) in [5, 5.41) is 57.1. The van der Waals surface area contributed by atoms with E-state index in [-0.39, 0.29) is 19.4 Å². The van der Waals surface area contributed by atoms with E-state index in [2.05, 4.69) is 142 Å². The quantitative estimate of drug-likeness (QED) is 0.0195. The molecule has 1 rings (SSSR count). The molecule has 1 amide bonds. The third kappa shape index (κ3) is 46.1. The van der Waals surface area contributed by atoms with Crippen molar-refractivity contribution in [1.82, 2.24) is 5.32 Å². The van der Waals surface area contributed by atoms with E-state index in [4.69, 9.17) is 14.2 Å². The maximum absolute atomic E-state index is 13.4. The molecule has 0 bridgehead atoms. The van der Waals surface area contributed by atoms with Gasteiger partial charge in [0.15, 0.2) is 12.4 Å². The van der Waals surface area contributed by atoms with Crippen LogP contribution in [-0.4, -0.2) is 99.6 Å². The van der Waals surface area contributed by atoms with Crippen molar-refractivity contribution in [2.75, 3.05) is 13.2 Å². The summed E-state index contributed by atoms with van der Waals surface area (Å²) in [4.78, 5) is 26.6. The molecule has 0 spiro atoms. The summed E-state index contributed by atoms with van der Waals surface area (Å²) < 4.78 is 17.6. The normalized spacial score (nSPS) is 19.4. The number of esters is 1. The van der Waals surface area contributed by atoms with E-state index in [1.54, 1.807) is 6.08 Å². The number of rotatable bonds is 55. The second kappa shape index (κ2) is 59.1. The van der Waals surface area contributed by atoms with Gasteiger partial charge in [-0.1, -0.05) is 257 Å². The highest BCUT2D eigenvalue weighted by atomic mass is 16.7. The number of carbonyl (C=O) groups excluding carboxylic acids is 2. The zero-order valence-corrected chi connectivity index (χ0v) is 53.0. The molecule has 1 heterocycles. The summed E-state index contributed by atoms with van der Waals surface area (Å²) in [6, 6.07) is -1.06. The minimum Gasteiger partial charge on any atom is -0.454 e. The summed E-state index contributed by atoms with van der Waals surface area (Å²) in [6.45, 7) is 5.61. The van der Waals surface area contributed by atoms with Gasteiger partial charge >= 0.3 is 5.97 Å². The van der Waals surface area contributed by atoms with Gasteiger partial charge in [0.25, 0.3) is 0 Å². The molecule has 478 valence electrons. The molecule has 1 aliphatic rings. The van der Waals surface area contributed by atoms with Crippen LogP contribution < -0.4 is 5.32 Å². The fourth-order valence-corrected chi connectivity index (χ4v) is 9.53. The van der Waals surface area contributed by atoms with Crippen molar-refractivity contribution in [2.45, 2.75) is 301 Å². The van der Waals surface area contributed by atoms with Crippen molar-refractivity contribution in [1.29, 1.82) is 0 Å². The number of aliphatic hydroxyl groups is 5. The lowest BCUT2D eigenvalue weighted by Crippen LogP contribution is -2.61. The fourth-order valence-electron chi connectivity index (χ4n) is 9.53. The first-order valence-corrected chi connectivity index (χ1v) is 33.5. The highest BCUT2D eigenvalue weighted by Crippen LogP contribution is 2.26. The summed E-state index contributed by atoms with van der Waals surface area (Å²) in [6.07, 6.45) is 73.4. The first-order chi connectivity index (χ1) is 41.2. The summed E-state index contributed by atoms with van der Waals surface area (Å²) in [7, 11) is 0. The standard InChI is InChI=1S/C73H121NO10/c1-4-7-10-13-16-19-22-25-27-29-31-33-34-35-37-39-41-43-46-49-52-55-58-61-68(78)84-71-70(80)69(79)67(62-75)83-73(71)82-63-64(65(76)59-56-53-50-47-44-24-21-18-15-12-9-6-3)74-72(81)66(77)60-57-54-51-48-45-42-40-38-36-32-30-28-26-23-20-17-14-11-8-5-2/h8,11,16-17,19-20,25-28,31-33,35-37,40,42,48,51,56,59,64-67,69-71,73,75-77,79-80H,4-7,9-10,12-15,18,21-24,29-30,34,38-39,41,43-47,49-50,52-55,57-58,60-63H2,1-3H3,(H,74,81)/b11-8-,19-16-,20-17-,27-25-,28-26-,33-31-,36-32-,37-35-,42-40-,51-48-,59-56+. The number of unbranched alkanes of at least 4 members (excludes halogenated alkanes) is 21. The molecule has 8 atom stereocenters. The number of aliphatic hydroxyl groups excluding tert-OH is 5. The number of carbonyl (C=O) groups is 2. The average Bonchev–Trinajstić information content (AvgIpc) is 3.52. The van der Waals surface area contributed by atoms with Crippen molar-refractivity contribution >= 4 is 11.9 Å². The molecule has 84 heavy (non-hydrogen) atoms. The Balaban J connectivity index is 2.68. The van der Waals surface area contributed by atoms with E-state index in [1.807, 2.05) is 12.2 Å². The molecule has 11 heteroatoms. The molecule has 1 fully saturated rings. The Morgan fingerprint density at radius 2 is 0.857 bits per heavy atom. The van der Waals surface area contributed by atoms with E-state index in [9.17, 15) is 35.1 Å². The molecule has 0 aromatic carbocycles. The lowest BCUT2D eigenvalue weighted by molar-refractivity contribution is -0.305. The van der Waals surface area contributed by atoms with Gasteiger partial charge in [-0.15, -0.1) is 0 Å². The first-order valence-electron chi connectivity index (χ1n) is 33.5. The molecular weight excluding hydrogens is 1050 g/mol. The lowest BCUT2D eigenvalue weighted by Gasteiger charge is -2.41. The smallest absolute Gasteiger partial charge is 0.306 e. The number of hydrogen-bond acceptors (Lipinski definition) is 10. The molecule has 6 N–H and O–H groups in total. The third-order valence-electron chi connectivity index (χ3n) is 14.8. The molecule has 0 aromatic heterocycles. The maximum atomic E-state index is 13.4. The number of hydrogen-bond donors (Lipinski definition) is 6. The van der Waals surface area contributed by atoms with Crippen LogP contribution in [-0.2, 0) is 23.8 Å². The summed E-state index contributed by atoms with van der Waals surface area (Å²) in [5.74, 6) is -1.26. The predicted octanol–water partition coefficient (Wildman–Crippen LogP) is 16.8. The summed E-state index contributed by atoms with van der Waals surface area (Å²) in [5.41, 5.74) is 0. The molecule has 0 saturated carbocycles. The minimum absolute atomic E-state index is 0.0980. The van der Waals surface area contributed by atoms with Crippen molar-refractivity contribution in [3.8, 4) is 0 Å². The van der Waals surface area contributed by atoms with E-state index in [1.165, 1.54) is 70.6 Å². The Morgan fingerprint density at radius 1 is 0.476 bits per heavy atom. The molecule has 0 aliphatic carbocycles. The van der Waals surface area contributed by atoms with Gasteiger partial charge in [0.05, 0.1) is 25.4 Å². The minimum atomic E-state index is -1.64. The van der Waals surface area contributed by atoms with Crippen LogP contribution in [0.1, 0.15) is 252 Å². The van der Waals surface area contributed by atoms with Gasteiger partial charge in [0.2, 0.25) is 5.91 Å². The number of ether oxygens (including phenoxy) is 3. The van der Waals surface area contributed by atoms with Crippen molar-refractivity contribution < 1.29 is 49.3 Å². The second-order valence-corrected chi connectivity index (χ2v) is 22.5. The molecule has 0 radical (unpaired) electrons. The zero-order chi connectivity index (χ0) is 61.0. The number of nitrogens with one attached hydrogen (secondary N) is 1. The Bertz CT molecular complexity index is 1880. The second-order valence-electron chi connectivity index (χ2n) is 22.5. The Labute approximate surface area is 512 Å². The molecular formula is C73H121NO10. The van der Waals surface area contributed by atoms with E-state index >= 15 is 0 Å². The van der Waals surface area contributed by atoms with Crippen molar-refractivity contribution in [3.63, 3.8) is 0 Å². The van der Waals surface area contributed by atoms with E-state index in [0.29, 0.717) is 19.3 Å². The van der Waals surface area contributed by atoms with Crippen LogP contribution in [0.2, 0.25) is 0 Å². The van der Waals surface area contributed by atoms with Crippen LogP contribution in [0.5, 0.6) is 0 Å². The topological polar surface area (TPSA) is 175 Å². The molecule has 1 saturated heterocycles. The van der Waals surface area contributed by atoms with E-state index < -0.39 is 67.4 Å². The van der Waals surface area contributed by atoms with Crippen LogP contribution in [0.3, 0.4) is 0 Å². The van der Waals surface area contributed by atoms with E-state index in [0.717, 1.165) is 128 Å². The van der Waals surface area contributed by atoms with Crippen LogP contribution in [0, 0.1) is 0 Å². The first kappa shape index (κ1) is 77.8. The predicted molar refractivity (Wildman–Crippen MR) is 351 cm³/mol. The molecule has 0 aromatic rings. The Kier molecular flexibility index (Phi) is 54.8. The van der Waals surface area contributed by atoms with Gasteiger partial charge in [0.1, 0.15) is 24.4 Å². The van der Waals surface area contributed by atoms with Gasteiger partial charge in [-0.05, 0) is 122 Å². The molecule has 8 unspecified atom stereocenters. The third-order valence-corrected chi connectivity index (χ3v) is 14.8. The van der Waals surface area contributed by atoms with Crippen LogP contribution >= 0.6 is 0 Å². The van der Waals surface area contributed by atoms with Crippen molar-refractivity contribution in [2.24, 2.45) is 0 Å². The van der Waals surface area contributed by atoms with Gasteiger partial charge < -0.3 is 45.1 Å². The van der Waals surface area contributed by atoms with Crippen LogP contribution in [0.25, 0.3) is 0 Å². The summed E-state index contributed by atoms with van der Waals surface area (Å²) >= 11 is 0. The van der Waals surface area contributed by atoms with Gasteiger partial charge in [-0.2, -0.15) is 0 Å². The molecule has 11 nitrogen and oxygen atoms in total. The average molecular weight is 1170 g/mol.